The lowest BCUT2D eigenvalue weighted by Gasteiger charge is -2.12. The summed E-state index contributed by atoms with van der Waals surface area (Å²) in [5, 5.41) is 0. The van der Waals surface area contributed by atoms with Crippen molar-refractivity contribution in [2.24, 2.45) is 5.92 Å². The van der Waals surface area contributed by atoms with Gasteiger partial charge in [-0.1, -0.05) is 12.8 Å². The van der Waals surface area contributed by atoms with Gasteiger partial charge in [0.05, 0.1) is 12.7 Å². The molecule has 1 radical (unpaired) electrons. The van der Waals surface area contributed by atoms with E-state index >= 15 is 0 Å². The molecule has 0 atom stereocenters. The highest BCUT2D eigenvalue weighted by atomic mass is 19.2. The molecule has 0 amide bonds. The minimum Gasteiger partial charge on any atom is -0.489 e. The van der Waals surface area contributed by atoms with Gasteiger partial charge in [-0.3, -0.25) is 0 Å². The summed E-state index contributed by atoms with van der Waals surface area (Å²) in [5.74, 6) is -7.24. The Labute approximate surface area is 96.4 Å². The van der Waals surface area contributed by atoms with E-state index in [1.165, 1.54) is 0 Å². The Morgan fingerprint density at radius 3 is 2.29 bits per heavy atom. The molecule has 0 heterocycles. The predicted octanol–water partition coefficient (Wildman–Crippen LogP) is 3.61. The third-order valence-electron chi connectivity index (χ3n) is 2.94. The van der Waals surface area contributed by atoms with E-state index in [-0.39, 0.29) is 12.5 Å². The molecule has 1 fully saturated rings. The van der Waals surface area contributed by atoms with Crippen molar-refractivity contribution in [2.75, 3.05) is 6.61 Å². The maximum atomic E-state index is 13.2. The monoisotopic (exact) mass is 247 g/mol. The standard InChI is InChI=1S/C12H11F4O/c13-8-5-9(11(15)12(16)10(8)14)17-6-7-3-1-2-4-7/h7H,1-4,6H2. The molecule has 1 saturated carbocycles. The van der Waals surface area contributed by atoms with Crippen LogP contribution < -0.4 is 4.74 Å². The molecule has 5 heteroatoms. The van der Waals surface area contributed by atoms with Crippen LogP contribution in [0.2, 0.25) is 0 Å². The van der Waals surface area contributed by atoms with Gasteiger partial charge < -0.3 is 4.74 Å². The van der Waals surface area contributed by atoms with Crippen molar-refractivity contribution in [3.05, 3.63) is 29.3 Å². The fraction of sp³-hybridized carbons (Fsp3) is 0.500. The number of ether oxygens (including phenoxy) is 1. The molecule has 0 aliphatic heterocycles. The van der Waals surface area contributed by atoms with Gasteiger partial charge in [0.25, 0.3) is 0 Å². The van der Waals surface area contributed by atoms with Gasteiger partial charge in [-0.2, -0.15) is 4.39 Å². The second-order valence-corrected chi connectivity index (χ2v) is 4.17. The van der Waals surface area contributed by atoms with Crippen molar-refractivity contribution in [3.63, 3.8) is 0 Å². The van der Waals surface area contributed by atoms with Crippen LogP contribution in [0.3, 0.4) is 0 Å². The minimum atomic E-state index is -1.87. The molecular weight excluding hydrogens is 236 g/mol. The van der Waals surface area contributed by atoms with Gasteiger partial charge in [-0.15, -0.1) is 0 Å². The highest BCUT2D eigenvalue weighted by Gasteiger charge is 2.22. The lowest BCUT2D eigenvalue weighted by Crippen LogP contribution is -2.10. The van der Waals surface area contributed by atoms with Crippen LogP contribution in [0.4, 0.5) is 17.6 Å². The van der Waals surface area contributed by atoms with E-state index < -0.39 is 29.0 Å². The first-order valence-corrected chi connectivity index (χ1v) is 5.47. The first-order valence-electron chi connectivity index (χ1n) is 5.47. The highest BCUT2D eigenvalue weighted by molar-refractivity contribution is 5.26. The van der Waals surface area contributed by atoms with E-state index in [9.17, 15) is 17.6 Å². The zero-order valence-corrected chi connectivity index (χ0v) is 9.03. The normalized spacial score (nSPS) is 16.5. The molecule has 1 aliphatic carbocycles. The van der Waals surface area contributed by atoms with Gasteiger partial charge in [0, 0.05) is 0 Å². The van der Waals surface area contributed by atoms with Gasteiger partial charge in [0.2, 0.25) is 11.6 Å². The molecule has 0 aromatic heterocycles. The van der Waals surface area contributed by atoms with Crippen LogP contribution in [0.1, 0.15) is 25.7 Å². The molecule has 0 saturated heterocycles. The van der Waals surface area contributed by atoms with Crippen LogP contribution in [-0.2, 0) is 0 Å². The van der Waals surface area contributed by atoms with Crippen molar-refractivity contribution in [1.82, 2.24) is 0 Å². The largest absolute Gasteiger partial charge is 0.489 e. The summed E-state index contributed by atoms with van der Waals surface area (Å²) >= 11 is 0. The Bertz CT molecular complexity index is 413. The Hall–Kier alpha value is -1.26. The third kappa shape index (κ3) is 2.53. The number of hydrogen-bond acceptors (Lipinski definition) is 1. The van der Waals surface area contributed by atoms with Gasteiger partial charge in [-0.25, -0.2) is 13.2 Å². The Balaban J connectivity index is 2.10. The summed E-state index contributed by atoms with van der Waals surface area (Å²) in [4.78, 5) is 0. The summed E-state index contributed by atoms with van der Waals surface area (Å²) in [6.07, 6.45) is 4.06. The number of benzene rings is 1. The molecule has 1 aromatic rings. The smallest absolute Gasteiger partial charge is 0.204 e. The average Bonchev–Trinajstić information content (AvgIpc) is 2.82. The maximum Gasteiger partial charge on any atom is 0.204 e. The molecule has 0 N–H and O–H groups in total. The molecule has 93 valence electrons. The van der Waals surface area contributed by atoms with Crippen molar-refractivity contribution in [1.29, 1.82) is 0 Å². The summed E-state index contributed by atoms with van der Waals surface area (Å²) in [6.45, 7) is 0.179. The molecule has 0 bridgehead atoms. The van der Waals surface area contributed by atoms with Gasteiger partial charge in [0.1, 0.15) is 0 Å². The van der Waals surface area contributed by atoms with Gasteiger partial charge >= 0.3 is 0 Å². The number of hydrogen-bond donors (Lipinski definition) is 0. The summed E-state index contributed by atoms with van der Waals surface area (Å²) < 4.78 is 56.4. The zero-order chi connectivity index (χ0) is 12.4. The van der Waals surface area contributed by atoms with Crippen LogP contribution in [0.5, 0.6) is 5.75 Å². The van der Waals surface area contributed by atoms with Crippen LogP contribution in [0.25, 0.3) is 0 Å². The van der Waals surface area contributed by atoms with Gasteiger partial charge in [0.15, 0.2) is 17.4 Å². The first kappa shape index (κ1) is 12.2. The van der Waals surface area contributed by atoms with E-state index in [0.717, 1.165) is 25.7 Å². The quantitative estimate of drug-likeness (QED) is 0.450. The summed E-state index contributed by atoms with van der Waals surface area (Å²) in [6, 6.07) is 1.73. The second-order valence-electron chi connectivity index (χ2n) is 4.17. The molecule has 0 spiro atoms. The lowest BCUT2D eigenvalue weighted by atomic mass is 10.1. The molecular formula is C12H11F4O. The molecule has 17 heavy (non-hydrogen) atoms. The van der Waals surface area contributed by atoms with Crippen LogP contribution >= 0.6 is 0 Å². The number of rotatable bonds is 3. The topological polar surface area (TPSA) is 9.23 Å². The van der Waals surface area contributed by atoms with Crippen LogP contribution in [-0.4, -0.2) is 6.61 Å². The van der Waals surface area contributed by atoms with E-state index in [1.807, 2.05) is 0 Å². The summed E-state index contributed by atoms with van der Waals surface area (Å²) in [5.41, 5.74) is 0. The SMILES string of the molecule is Fc1[c]c(OCC2CCCC2)c(F)c(F)c1F. The fourth-order valence-electron chi connectivity index (χ4n) is 1.98. The first-order chi connectivity index (χ1) is 8.09. The third-order valence-corrected chi connectivity index (χ3v) is 2.94. The minimum absolute atomic E-state index is 0.179. The molecule has 1 aliphatic rings. The Morgan fingerprint density at radius 2 is 1.65 bits per heavy atom. The van der Waals surface area contributed by atoms with Crippen molar-refractivity contribution in [3.8, 4) is 5.75 Å². The molecule has 2 rings (SSSR count). The zero-order valence-electron chi connectivity index (χ0n) is 9.03. The molecule has 0 unspecified atom stereocenters. The van der Waals surface area contributed by atoms with Crippen molar-refractivity contribution >= 4 is 0 Å². The van der Waals surface area contributed by atoms with E-state index in [4.69, 9.17) is 4.74 Å². The summed E-state index contributed by atoms with van der Waals surface area (Å²) in [7, 11) is 0. The van der Waals surface area contributed by atoms with E-state index in [0.29, 0.717) is 0 Å². The molecule has 1 aromatic carbocycles. The van der Waals surface area contributed by atoms with Crippen LogP contribution in [0.15, 0.2) is 0 Å². The lowest BCUT2D eigenvalue weighted by molar-refractivity contribution is 0.234. The van der Waals surface area contributed by atoms with Crippen molar-refractivity contribution < 1.29 is 22.3 Å². The fourth-order valence-corrected chi connectivity index (χ4v) is 1.98. The van der Waals surface area contributed by atoms with Gasteiger partial charge in [-0.05, 0) is 18.8 Å². The maximum absolute atomic E-state index is 13.2. The van der Waals surface area contributed by atoms with Crippen LogP contribution in [0, 0.1) is 35.3 Å². The Kier molecular flexibility index (Phi) is 3.54. The predicted molar refractivity (Wildman–Crippen MR) is 52.6 cm³/mol. The van der Waals surface area contributed by atoms with E-state index in [1.54, 1.807) is 6.07 Å². The highest BCUT2D eigenvalue weighted by Crippen LogP contribution is 2.28. The van der Waals surface area contributed by atoms with Crippen molar-refractivity contribution in [2.45, 2.75) is 25.7 Å². The van der Waals surface area contributed by atoms with E-state index in [2.05, 4.69) is 0 Å². The second kappa shape index (κ2) is 4.94. The Morgan fingerprint density at radius 1 is 1.00 bits per heavy atom. The average molecular weight is 247 g/mol. The molecule has 1 nitrogen and oxygen atoms in total. The number of halogens is 4.